The molecule has 0 unspecified atom stereocenters. The highest BCUT2D eigenvalue weighted by Crippen LogP contribution is 2.17. The molecule has 0 aliphatic carbocycles. The number of benzene rings is 1. The highest BCUT2D eigenvalue weighted by Gasteiger charge is 2.05. The Bertz CT molecular complexity index is 535. The minimum absolute atomic E-state index is 0.104. The molecule has 2 N–H and O–H groups in total. The number of fused-ring (bicyclic) bond motifs is 1. The van der Waals surface area contributed by atoms with Crippen LogP contribution in [0.2, 0.25) is 5.02 Å². The van der Waals surface area contributed by atoms with E-state index < -0.39 is 0 Å². The van der Waals surface area contributed by atoms with Gasteiger partial charge in [-0.2, -0.15) is 0 Å². The highest BCUT2D eigenvalue weighted by atomic mass is 35.5. The molecule has 0 bridgehead atoms. The van der Waals surface area contributed by atoms with Gasteiger partial charge < -0.3 is 5.73 Å². The molecule has 0 aliphatic heterocycles. The molecular formula is C9H8ClN3O. The lowest BCUT2D eigenvalue weighted by Crippen LogP contribution is -2.24. The zero-order chi connectivity index (χ0) is 10.1. The summed E-state index contributed by atoms with van der Waals surface area (Å²) in [5.74, 6) is 0. The van der Waals surface area contributed by atoms with E-state index in [0.717, 1.165) is 0 Å². The molecule has 5 heteroatoms. The lowest BCUT2D eigenvalue weighted by atomic mass is 10.2. The number of halogens is 1. The molecule has 0 atom stereocenters. The Morgan fingerprint density at radius 1 is 1.50 bits per heavy atom. The van der Waals surface area contributed by atoms with E-state index in [4.69, 9.17) is 17.3 Å². The van der Waals surface area contributed by atoms with Crippen molar-refractivity contribution in [3.63, 3.8) is 0 Å². The summed E-state index contributed by atoms with van der Waals surface area (Å²) in [4.78, 5) is 15.8. The fourth-order valence-electron chi connectivity index (χ4n) is 1.29. The summed E-state index contributed by atoms with van der Waals surface area (Å²) in [5.41, 5.74) is 5.76. The quantitative estimate of drug-likeness (QED) is 0.761. The van der Waals surface area contributed by atoms with Gasteiger partial charge in [-0.25, -0.2) is 4.98 Å². The van der Waals surface area contributed by atoms with E-state index in [9.17, 15) is 4.79 Å². The molecule has 0 aliphatic rings. The van der Waals surface area contributed by atoms with E-state index in [0.29, 0.717) is 15.9 Å². The third kappa shape index (κ3) is 1.29. The first-order valence-electron chi connectivity index (χ1n) is 4.08. The van der Waals surface area contributed by atoms with Gasteiger partial charge in [0, 0.05) is 0 Å². The largest absolute Gasteiger partial charge is 0.313 e. The van der Waals surface area contributed by atoms with Crippen LogP contribution in [-0.2, 0) is 6.67 Å². The van der Waals surface area contributed by atoms with Crippen molar-refractivity contribution in [1.29, 1.82) is 0 Å². The first-order valence-corrected chi connectivity index (χ1v) is 4.45. The summed E-state index contributed by atoms with van der Waals surface area (Å²) in [6.07, 6.45) is 1.42. The van der Waals surface area contributed by atoms with Gasteiger partial charge in [-0.1, -0.05) is 17.7 Å². The van der Waals surface area contributed by atoms with Crippen LogP contribution in [0.15, 0.2) is 29.3 Å². The van der Waals surface area contributed by atoms with E-state index in [1.165, 1.54) is 10.9 Å². The predicted octanol–water partition coefficient (Wildman–Crippen LogP) is 0.966. The molecule has 72 valence electrons. The Morgan fingerprint density at radius 3 is 3.00 bits per heavy atom. The normalized spacial score (nSPS) is 10.7. The second-order valence-electron chi connectivity index (χ2n) is 2.84. The fraction of sp³-hybridized carbons (Fsp3) is 0.111. The van der Waals surface area contributed by atoms with Crippen molar-refractivity contribution in [2.24, 2.45) is 5.73 Å². The van der Waals surface area contributed by atoms with Gasteiger partial charge in [0.25, 0.3) is 5.56 Å². The number of nitrogens with zero attached hydrogens (tertiary/aromatic N) is 2. The molecule has 2 aromatic rings. The first kappa shape index (κ1) is 9.18. The minimum atomic E-state index is -0.205. The van der Waals surface area contributed by atoms with Crippen LogP contribution in [0, 0.1) is 0 Å². The lowest BCUT2D eigenvalue weighted by molar-refractivity contribution is 0.692. The Labute approximate surface area is 84.9 Å². The molecule has 0 radical (unpaired) electrons. The molecule has 1 aromatic carbocycles. The minimum Gasteiger partial charge on any atom is -0.313 e. The molecule has 0 fully saturated rings. The van der Waals surface area contributed by atoms with Crippen LogP contribution >= 0.6 is 11.6 Å². The van der Waals surface area contributed by atoms with Gasteiger partial charge >= 0.3 is 0 Å². The Morgan fingerprint density at radius 2 is 2.29 bits per heavy atom. The second-order valence-corrected chi connectivity index (χ2v) is 3.24. The standard InChI is InChI=1S/C9H8ClN3O/c10-6-2-1-3-7-8(6)9(14)13(4-11)5-12-7/h1-3,5H,4,11H2. The van der Waals surface area contributed by atoms with Gasteiger partial charge in [0.05, 0.1) is 28.9 Å². The molecule has 1 aromatic heterocycles. The van der Waals surface area contributed by atoms with Crippen LogP contribution < -0.4 is 11.3 Å². The third-order valence-electron chi connectivity index (χ3n) is 2.00. The average molecular weight is 210 g/mol. The fourth-order valence-corrected chi connectivity index (χ4v) is 1.54. The molecule has 0 spiro atoms. The van der Waals surface area contributed by atoms with E-state index in [1.54, 1.807) is 18.2 Å². The number of aromatic nitrogens is 2. The zero-order valence-corrected chi connectivity index (χ0v) is 8.03. The average Bonchev–Trinajstić information content (AvgIpc) is 2.18. The van der Waals surface area contributed by atoms with E-state index in [-0.39, 0.29) is 12.2 Å². The second kappa shape index (κ2) is 3.40. The molecular weight excluding hydrogens is 202 g/mol. The van der Waals surface area contributed by atoms with E-state index >= 15 is 0 Å². The third-order valence-corrected chi connectivity index (χ3v) is 2.31. The molecule has 14 heavy (non-hydrogen) atoms. The Balaban J connectivity index is 2.94. The summed E-state index contributed by atoms with van der Waals surface area (Å²) in [5, 5.41) is 0.824. The van der Waals surface area contributed by atoms with Crippen LogP contribution in [0.4, 0.5) is 0 Å². The molecule has 4 nitrogen and oxygen atoms in total. The van der Waals surface area contributed by atoms with Crippen molar-refractivity contribution in [2.45, 2.75) is 6.67 Å². The molecule has 2 rings (SSSR count). The van der Waals surface area contributed by atoms with Gasteiger partial charge in [-0.15, -0.1) is 0 Å². The summed E-state index contributed by atoms with van der Waals surface area (Å²) >= 11 is 5.90. The van der Waals surface area contributed by atoms with Crippen LogP contribution in [0.3, 0.4) is 0 Å². The molecule has 0 amide bonds. The van der Waals surface area contributed by atoms with Gasteiger partial charge in [0.2, 0.25) is 0 Å². The summed E-state index contributed by atoms with van der Waals surface area (Å²) in [6.45, 7) is 0.104. The van der Waals surface area contributed by atoms with Gasteiger partial charge in [-0.3, -0.25) is 9.36 Å². The molecule has 1 heterocycles. The molecule has 0 saturated carbocycles. The number of rotatable bonds is 1. The van der Waals surface area contributed by atoms with Gasteiger partial charge in [0.1, 0.15) is 0 Å². The maximum absolute atomic E-state index is 11.7. The van der Waals surface area contributed by atoms with Crippen molar-refractivity contribution in [2.75, 3.05) is 0 Å². The van der Waals surface area contributed by atoms with Crippen molar-refractivity contribution >= 4 is 22.5 Å². The predicted molar refractivity (Wildman–Crippen MR) is 55.2 cm³/mol. The van der Waals surface area contributed by atoms with E-state index in [1.807, 2.05) is 0 Å². The Hall–Kier alpha value is -1.39. The smallest absolute Gasteiger partial charge is 0.263 e. The van der Waals surface area contributed by atoms with Gasteiger partial charge in [-0.05, 0) is 12.1 Å². The zero-order valence-electron chi connectivity index (χ0n) is 7.27. The number of hydrogen-bond donors (Lipinski definition) is 1. The Kier molecular flexibility index (Phi) is 2.23. The lowest BCUT2D eigenvalue weighted by Gasteiger charge is -2.03. The van der Waals surface area contributed by atoms with Crippen molar-refractivity contribution in [3.05, 3.63) is 39.9 Å². The number of hydrogen-bond acceptors (Lipinski definition) is 3. The summed E-state index contributed by atoms with van der Waals surface area (Å²) in [6, 6.07) is 5.15. The van der Waals surface area contributed by atoms with Crippen molar-refractivity contribution < 1.29 is 0 Å². The van der Waals surface area contributed by atoms with Crippen LogP contribution in [-0.4, -0.2) is 9.55 Å². The SMILES string of the molecule is NCn1cnc2cccc(Cl)c2c1=O. The molecule has 0 saturated heterocycles. The maximum atomic E-state index is 11.7. The summed E-state index contributed by atoms with van der Waals surface area (Å²) in [7, 11) is 0. The maximum Gasteiger partial charge on any atom is 0.263 e. The number of nitrogens with two attached hydrogens (primary N) is 1. The monoisotopic (exact) mass is 209 g/mol. The first-order chi connectivity index (χ1) is 6.74. The van der Waals surface area contributed by atoms with Crippen molar-refractivity contribution in [1.82, 2.24) is 9.55 Å². The van der Waals surface area contributed by atoms with Crippen molar-refractivity contribution in [3.8, 4) is 0 Å². The van der Waals surface area contributed by atoms with E-state index in [2.05, 4.69) is 4.98 Å². The van der Waals surface area contributed by atoms with Crippen LogP contribution in [0.5, 0.6) is 0 Å². The topological polar surface area (TPSA) is 60.9 Å². The highest BCUT2D eigenvalue weighted by molar-refractivity contribution is 6.35. The van der Waals surface area contributed by atoms with Crippen LogP contribution in [0.25, 0.3) is 10.9 Å². The van der Waals surface area contributed by atoms with Crippen LogP contribution in [0.1, 0.15) is 0 Å². The summed E-state index contributed by atoms with van der Waals surface area (Å²) < 4.78 is 1.31. The van der Waals surface area contributed by atoms with Gasteiger partial charge in [0.15, 0.2) is 0 Å².